The summed E-state index contributed by atoms with van der Waals surface area (Å²) in [5.74, 6) is 0. The molecule has 2 heterocycles. The molecule has 1 aliphatic heterocycles. The number of nitrogens with one attached hydrogen (secondary N) is 1. The Kier molecular flexibility index (Phi) is 3.11. The molecule has 14 heavy (non-hydrogen) atoms. The van der Waals surface area contributed by atoms with Gasteiger partial charge in [0.2, 0.25) is 0 Å². The van der Waals surface area contributed by atoms with E-state index >= 15 is 0 Å². The van der Waals surface area contributed by atoms with Crippen LogP contribution in [0.1, 0.15) is 18.5 Å². The number of hydrogen-bond acceptors (Lipinski definition) is 3. The first-order valence-corrected chi connectivity index (χ1v) is 5.17. The molecule has 1 aromatic heterocycles. The Labute approximate surface area is 84.2 Å². The summed E-state index contributed by atoms with van der Waals surface area (Å²) in [4.78, 5) is 4.20. The van der Waals surface area contributed by atoms with Crippen LogP contribution in [0.4, 0.5) is 0 Å². The van der Waals surface area contributed by atoms with Crippen LogP contribution in [0.2, 0.25) is 0 Å². The molecule has 0 aliphatic carbocycles. The zero-order valence-electron chi connectivity index (χ0n) is 8.19. The number of nitrogens with zero attached hydrogens (tertiary/aromatic N) is 1. The molecule has 2 N–H and O–H groups in total. The minimum absolute atomic E-state index is 0.261. The van der Waals surface area contributed by atoms with Gasteiger partial charge in [0.1, 0.15) is 0 Å². The third-order valence-corrected chi connectivity index (χ3v) is 2.71. The molecule has 1 fully saturated rings. The van der Waals surface area contributed by atoms with Gasteiger partial charge < -0.3 is 10.4 Å². The second-order valence-electron chi connectivity index (χ2n) is 3.80. The van der Waals surface area contributed by atoms with E-state index < -0.39 is 0 Å². The SMILES string of the molecule is OC(Cc1ccccn1)[C@@H]1CCCN1. The van der Waals surface area contributed by atoms with Crippen LogP contribution in [0.15, 0.2) is 24.4 Å². The van der Waals surface area contributed by atoms with Crippen molar-refractivity contribution in [2.75, 3.05) is 6.54 Å². The number of rotatable bonds is 3. The van der Waals surface area contributed by atoms with Crippen molar-refractivity contribution in [1.82, 2.24) is 10.3 Å². The van der Waals surface area contributed by atoms with Gasteiger partial charge in [0.05, 0.1) is 6.10 Å². The second-order valence-corrected chi connectivity index (χ2v) is 3.80. The molecule has 0 spiro atoms. The van der Waals surface area contributed by atoms with E-state index in [-0.39, 0.29) is 12.1 Å². The third-order valence-electron chi connectivity index (χ3n) is 2.71. The van der Waals surface area contributed by atoms with E-state index in [1.54, 1.807) is 6.20 Å². The standard InChI is InChI=1S/C11H16N2O/c14-11(10-5-3-7-13-10)8-9-4-1-2-6-12-9/h1-2,4,6,10-11,13-14H,3,5,7-8H2/t10-,11?/m0/s1. The van der Waals surface area contributed by atoms with Gasteiger partial charge in [0.25, 0.3) is 0 Å². The first kappa shape index (κ1) is 9.62. The van der Waals surface area contributed by atoms with E-state index in [2.05, 4.69) is 10.3 Å². The normalized spacial score (nSPS) is 23.6. The Morgan fingerprint density at radius 3 is 3.14 bits per heavy atom. The molecule has 2 atom stereocenters. The summed E-state index contributed by atoms with van der Waals surface area (Å²) < 4.78 is 0. The Balaban J connectivity index is 1.90. The lowest BCUT2D eigenvalue weighted by Crippen LogP contribution is -2.36. The van der Waals surface area contributed by atoms with Gasteiger partial charge >= 0.3 is 0 Å². The van der Waals surface area contributed by atoms with E-state index in [4.69, 9.17) is 0 Å². The van der Waals surface area contributed by atoms with E-state index in [9.17, 15) is 5.11 Å². The lowest BCUT2D eigenvalue weighted by Gasteiger charge is -2.17. The number of hydrogen-bond donors (Lipinski definition) is 2. The lowest BCUT2D eigenvalue weighted by molar-refractivity contribution is 0.135. The molecule has 1 aliphatic rings. The number of pyridine rings is 1. The van der Waals surface area contributed by atoms with Gasteiger partial charge in [-0.05, 0) is 31.5 Å². The molecule has 1 aromatic rings. The largest absolute Gasteiger partial charge is 0.391 e. The molecule has 0 amide bonds. The van der Waals surface area contributed by atoms with Crippen molar-refractivity contribution in [3.8, 4) is 0 Å². The smallest absolute Gasteiger partial charge is 0.0748 e. The van der Waals surface area contributed by atoms with Crippen molar-refractivity contribution >= 4 is 0 Å². The van der Waals surface area contributed by atoms with Gasteiger partial charge in [0.15, 0.2) is 0 Å². The Bertz CT molecular complexity index is 270. The molecule has 3 heteroatoms. The van der Waals surface area contributed by atoms with Crippen LogP contribution in [0.5, 0.6) is 0 Å². The summed E-state index contributed by atoms with van der Waals surface area (Å²) in [5, 5.41) is 13.2. The predicted octanol–water partition coefficient (Wildman–Crippen LogP) is 0.737. The van der Waals surface area contributed by atoms with Gasteiger partial charge in [0, 0.05) is 24.4 Å². The highest BCUT2D eigenvalue weighted by atomic mass is 16.3. The summed E-state index contributed by atoms with van der Waals surface area (Å²) in [6.45, 7) is 1.03. The van der Waals surface area contributed by atoms with Crippen LogP contribution in [0, 0.1) is 0 Å². The number of aliphatic hydroxyl groups excluding tert-OH is 1. The van der Waals surface area contributed by atoms with Crippen LogP contribution in [0.25, 0.3) is 0 Å². The quantitative estimate of drug-likeness (QED) is 0.742. The molecule has 0 saturated carbocycles. The summed E-state index contributed by atoms with van der Waals surface area (Å²) in [6.07, 6.45) is 4.37. The van der Waals surface area contributed by atoms with Crippen LogP contribution < -0.4 is 5.32 Å². The molecule has 0 bridgehead atoms. The lowest BCUT2D eigenvalue weighted by atomic mass is 10.0. The number of aliphatic hydroxyl groups is 1. The zero-order valence-corrected chi connectivity index (χ0v) is 8.19. The summed E-state index contributed by atoms with van der Waals surface area (Å²) >= 11 is 0. The van der Waals surface area contributed by atoms with Gasteiger partial charge in [-0.15, -0.1) is 0 Å². The maximum absolute atomic E-state index is 9.90. The first-order valence-electron chi connectivity index (χ1n) is 5.17. The summed E-state index contributed by atoms with van der Waals surface area (Å²) in [7, 11) is 0. The Morgan fingerprint density at radius 2 is 2.50 bits per heavy atom. The molecule has 2 rings (SSSR count). The van der Waals surface area contributed by atoms with Crippen molar-refractivity contribution in [2.24, 2.45) is 0 Å². The van der Waals surface area contributed by atoms with E-state index in [0.717, 1.165) is 18.7 Å². The van der Waals surface area contributed by atoms with Gasteiger partial charge in [-0.3, -0.25) is 4.98 Å². The molecular weight excluding hydrogens is 176 g/mol. The van der Waals surface area contributed by atoms with E-state index in [1.807, 2.05) is 18.2 Å². The molecule has 0 aromatic carbocycles. The molecule has 1 unspecified atom stereocenters. The average Bonchev–Trinajstić information content (AvgIpc) is 2.72. The van der Waals surface area contributed by atoms with Crippen molar-refractivity contribution in [2.45, 2.75) is 31.4 Å². The molecule has 1 saturated heterocycles. The fraction of sp³-hybridized carbons (Fsp3) is 0.545. The van der Waals surface area contributed by atoms with E-state index in [0.29, 0.717) is 6.42 Å². The zero-order chi connectivity index (χ0) is 9.80. The van der Waals surface area contributed by atoms with Crippen LogP contribution >= 0.6 is 0 Å². The van der Waals surface area contributed by atoms with Gasteiger partial charge in [-0.2, -0.15) is 0 Å². The third kappa shape index (κ3) is 2.30. The topological polar surface area (TPSA) is 45.2 Å². The first-order chi connectivity index (χ1) is 6.86. The molecule has 76 valence electrons. The average molecular weight is 192 g/mol. The van der Waals surface area contributed by atoms with E-state index in [1.165, 1.54) is 6.42 Å². The highest BCUT2D eigenvalue weighted by Crippen LogP contribution is 2.12. The van der Waals surface area contributed by atoms with Crippen molar-refractivity contribution in [3.63, 3.8) is 0 Å². The Morgan fingerprint density at radius 1 is 1.57 bits per heavy atom. The van der Waals surface area contributed by atoms with Crippen LogP contribution in [-0.2, 0) is 6.42 Å². The van der Waals surface area contributed by atoms with Crippen LogP contribution in [0.3, 0.4) is 0 Å². The fourth-order valence-corrected chi connectivity index (χ4v) is 1.92. The van der Waals surface area contributed by atoms with Crippen molar-refractivity contribution in [1.29, 1.82) is 0 Å². The monoisotopic (exact) mass is 192 g/mol. The van der Waals surface area contributed by atoms with Crippen molar-refractivity contribution in [3.05, 3.63) is 30.1 Å². The van der Waals surface area contributed by atoms with Crippen LogP contribution in [-0.4, -0.2) is 28.8 Å². The second kappa shape index (κ2) is 4.53. The highest BCUT2D eigenvalue weighted by Gasteiger charge is 2.22. The Hall–Kier alpha value is -0.930. The minimum atomic E-state index is -0.299. The van der Waals surface area contributed by atoms with Crippen molar-refractivity contribution < 1.29 is 5.11 Å². The highest BCUT2D eigenvalue weighted by molar-refractivity contribution is 5.05. The minimum Gasteiger partial charge on any atom is -0.391 e. The maximum Gasteiger partial charge on any atom is 0.0748 e. The summed E-state index contributed by atoms with van der Waals surface area (Å²) in [5.41, 5.74) is 0.966. The maximum atomic E-state index is 9.90. The molecular formula is C11H16N2O. The molecule has 0 radical (unpaired) electrons. The fourth-order valence-electron chi connectivity index (χ4n) is 1.92. The predicted molar refractivity (Wildman–Crippen MR) is 55.0 cm³/mol. The van der Waals surface area contributed by atoms with Gasteiger partial charge in [-0.1, -0.05) is 6.07 Å². The number of aromatic nitrogens is 1. The van der Waals surface area contributed by atoms with Gasteiger partial charge in [-0.25, -0.2) is 0 Å². The molecule has 3 nitrogen and oxygen atoms in total. The summed E-state index contributed by atoms with van der Waals surface area (Å²) in [6, 6.07) is 6.07.